The Morgan fingerprint density at radius 3 is 2.64 bits per heavy atom. The molecular formula is C17H26N2O3. The van der Waals surface area contributed by atoms with Crippen LogP contribution in [-0.2, 0) is 0 Å². The molecule has 1 fully saturated rings. The van der Waals surface area contributed by atoms with E-state index in [1.807, 2.05) is 36.1 Å². The van der Waals surface area contributed by atoms with Gasteiger partial charge in [-0.1, -0.05) is 19.1 Å². The van der Waals surface area contributed by atoms with Gasteiger partial charge < -0.3 is 19.7 Å². The van der Waals surface area contributed by atoms with Crippen LogP contribution in [0.5, 0.6) is 11.5 Å². The van der Waals surface area contributed by atoms with Gasteiger partial charge in [0.1, 0.15) is 0 Å². The average Bonchev–Trinajstić information content (AvgIpc) is 2.56. The fraction of sp³-hybridized carbons (Fsp3) is 0.588. The molecule has 0 radical (unpaired) electrons. The van der Waals surface area contributed by atoms with Gasteiger partial charge in [-0.15, -0.1) is 0 Å². The van der Waals surface area contributed by atoms with Crippen LogP contribution in [0.3, 0.4) is 0 Å². The zero-order chi connectivity index (χ0) is 15.8. The van der Waals surface area contributed by atoms with Crippen molar-refractivity contribution in [2.75, 3.05) is 19.9 Å². The van der Waals surface area contributed by atoms with Gasteiger partial charge in [0.2, 0.25) is 0 Å². The Labute approximate surface area is 132 Å². The molecular weight excluding hydrogens is 280 g/mol. The third-order valence-corrected chi connectivity index (χ3v) is 3.96. The molecule has 0 saturated carbocycles. The minimum Gasteiger partial charge on any atom is -0.490 e. The van der Waals surface area contributed by atoms with E-state index in [1.54, 1.807) is 0 Å². The van der Waals surface area contributed by atoms with E-state index in [2.05, 4.69) is 12.2 Å². The molecule has 0 aromatic heterocycles. The number of carbonyl (C=O) groups is 1. The number of nitrogens with one attached hydrogen (secondary N) is 1. The van der Waals surface area contributed by atoms with Crippen molar-refractivity contribution in [1.82, 2.24) is 10.2 Å². The highest BCUT2D eigenvalue weighted by Crippen LogP contribution is 2.26. The van der Waals surface area contributed by atoms with Crippen molar-refractivity contribution in [2.24, 2.45) is 0 Å². The van der Waals surface area contributed by atoms with Crippen LogP contribution in [0, 0.1) is 0 Å². The molecule has 1 aromatic rings. The highest BCUT2D eigenvalue weighted by Gasteiger charge is 2.24. The largest absolute Gasteiger partial charge is 0.490 e. The Kier molecular flexibility index (Phi) is 6.37. The number of urea groups is 1. The first-order valence-electron chi connectivity index (χ1n) is 8.15. The van der Waals surface area contributed by atoms with E-state index in [0.717, 1.165) is 25.8 Å². The fourth-order valence-electron chi connectivity index (χ4n) is 2.81. The molecule has 0 aliphatic carbocycles. The normalized spacial score (nSPS) is 17.9. The molecule has 1 heterocycles. The van der Waals surface area contributed by atoms with Gasteiger partial charge in [-0.05, 0) is 44.7 Å². The zero-order valence-corrected chi connectivity index (χ0v) is 13.5. The van der Waals surface area contributed by atoms with Crippen LogP contribution < -0.4 is 14.8 Å². The molecule has 5 nitrogen and oxygen atoms in total. The number of ether oxygens (including phenoxy) is 2. The van der Waals surface area contributed by atoms with E-state index in [9.17, 15) is 4.79 Å². The minimum atomic E-state index is -0.0413. The SMILES string of the molecule is CCOc1ccccc1OCNC(=O)N1CCCCC1CC. The first-order valence-corrected chi connectivity index (χ1v) is 8.15. The third kappa shape index (κ3) is 4.29. The van der Waals surface area contributed by atoms with Crippen molar-refractivity contribution < 1.29 is 14.3 Å². The van der Waals surface area contributed by atoms with Gasteiger partial charge in [0.15, 0.2) is 18.2 Å². The van der Waals surface area contributed by atoms with E-state index in [4.69, 9.17) is 9.47 Å². The van der Waals surface area contributed by atoms with Crippen molar-refractivity contribution in [2.45, 2.75) is 45.6 Å². The second-order valence-corrected chi connectivity index (χ2v) is 5.40. The van der Waals surface area contributed by atoms with E-state index in [0.29, 0.717) is 24.1 Å². The van der Waals surface area contributed by atoms with Crippen LogP contribution >= 0.6 is 0 Å². The summed E-state index contributed by atoms with van der Waals surface area (Å²) in [7, 11) is 0. The molecule has 2 rings (SSSR count). The molecule has 2 amide bonds. The number of likely N-dealkylation sites (tertiary alicyclic amines) is 1. The number of nitrogens with zero attached hydrogens (tertiary/aromatic N) is 1. The monoisotopic (exact) mass is 306 g/mol. The molecule has 1 unspecified atom stereocenters. The van der Waals surface area contributed by atoms with Crippen molar-refractivity contribution >= 4 is 6.03 Å². The van der Waals surface area contributed by atoms with E-state index in [1.165, 1.54) is 6.42 Å². The smallest absolute Gasteiger partial charge is 0.320 e. The predicted molar refractivity (Wildman–Crippen MR) is 86.3 cm³/mol. The van der Waals surface area contributed by atoms with Crippen LogP contribution in [-0.4, -0.2) is 36.9 Å². The third-order valence-electron chi connectivity index (χ3n) is 3.96. The molecule has 22 heavy (non-hydrogen) atoms. The lowest BCUT2D eigenvalue weighted by Gasteiger charge is -2.35. The van der Waals surface area contributed by atoms with Gasteiger partial charge in [-0.3, -0.25) is 0 Å². The highest BCUT2D eigenvalue weighted by molar-refractivity contribution is 5.74. The molecule has 1 aromatic carbocycles. The number of hydrogen-bond acceptors (Lipinski definition) is 3. The summed E-state index contributed by atoms with van der Waals surface area (Å²) in [5.74, 6) is 1.35. The number of rotatable bonds is 6. The molecule has 1 saturated heterocycles. The molecule has 0 bridgehead atoms. The molecule has 5 heteroatoms. The Balaban J connectivity index is 1.84. The Morgan fingerprint density at radius 2 is 1.95 bits per heavy atom. The summed E-state index contributed by atoms with van der Waals surface area (Å²) >= 11 is 0. The highest BCUT2D eigenvalue weighted by atomic mass is 16.5. The summed E-state index contributed by atoms with van der Waals surface area (Å²) < 4.78 is 11.1. The number of carbonyl (C=O) groups excluding carboxylic acids is 1. The van der Waals surface area contributed by atoms with Crippen LogP contribution in [0.2, 0.25) is 0 Å². The number of piperidine rings is 1. The van der Waals surface area contributed by atoms with E-state index in [-0.39, 0.29) is 12.8 Å². The Bertz CT molecular complexity index is 479. The molecule has 1 aliphatic rings. The number of benzene rings is 1. The van der Waals surface area contributed by atoms with Gasteiger partial charge in [-0.25, -0.2) is 4.79 Å². The average molecular weight is 306 g/mol. The standard InChI is InChI=1S/C17H26N2O3/c1-3-14-9-7-8-12-19(14)17(20)18-13-22-16-11-6-5-10-15(16)21-4-2/h5-6,10-11,14H,3-4,7-9,12-13H2,1-2H3,(H,18,20). The molecule has 0 spiro atoms. The van der Waals surface area contributed by atoms with E-state index >= 15 is 0 Å². The summed E-state index contributed by atoms with van der Waals surface area (Å²) in [6, 6.07) is 7.79. The molecule has 1 N–H and O–H groups in total. The fourth-order valence-corrected chi connectivity index (χ4v) is 2.81. The van der Waals surface area contributed by atoms with Gasteiger partial charge in [0.25, 0.3) is 0 Å². The topological polar surface area (TPSA) is 50.8 Å². The van der Waals surface area contributed by atoms with Gasteiger partial charge in [-0.2, -0.15) is 0 Å². The van der Waals surface area contributed by atoms with Gasteiger partial charge in [0, 0.05) is 12.6 Å². The number of para-hydroxylation sites is 2. The molecule has 1 aliphatic heterocycles. The van der Waals surface area contributed by atoms with Gasteiger partial charge >= 0.3 is 6.03 Å². The van der Waals surface area contributed by atoms with Gasteiger partial charge in [0.05, 0.1) is 6.61 Å². The maximum atomic E-state index is 12.3. The van der Waals surface area contributed by atoms with Crippen molar-refractivity contribution in [3.8, 4) is 11.5 Å². The minimum absolute atomic E-state index is 0.0413. The maximum absolute atomic E-state index is 12.3. The summed E-state index contributed by atoms with van der Waals surface area (Å²) in [4.78, 5) is 14.2. The first kappa shape index (κ1) is 16.5. The van der Waals surface area contributed by atoms with Crippen molar-refractivity contribution in [1.29, 1.82) is 0 Å². The van der Waals surface area contributed by atoms with Crippen LogP contribution in [0.4, 0.5) is 4.79 Å². The summed E-state index contributed by atoms with van der Waals surface area (Å²) in [6.07, 6.45) is 4.39. The van der Waals surface area contributed by atoms with Crippen LogP contribution in [0.1, 0.15) is 39.5 Å². The first-order chi connectivity index (χ1) is 10.8. The van der Waals surface area contributed by atoms with E-state index < -0.39 is 0 Å². The second kappa shape index (κ2) is 8.51. The lowest BCUT2D eigenvalue weighted by atomic mass is 10.0. The van der Waals surface area contributed by atoms with Crippen molar-refractivity contribution in [3.05, 3.63) is 24.3 Å². The lowest BCUT2D eigenvalue weighted by molar-refractivity contribution is 0.140. The lowest BCUT2D eigenvalue weighted by Crippen LogP contribution is -2.49. The number of amides is 2. The quantitative estimate of drug-likeness (QED) is 0.820. The number of hydrogen-bond donors (Lipinski definition) is 1. The second-order valence-electron chi connectivity index (χ2n) is 5.40. The summed E-state index contributed by atoms with van der Waals surface area (Å²) in [5.41, 5.74) is 0. The maximum Gasteiger partial charge on any atom is 0.320 e. The van der Waals surface area contributed by atoms with Crippen molar-refractivity contribution in [3.63, 3.8) is 0 Å². The predicted octanol–water partition coefficient (Wildman–Crippen LogP) is 3.40. The molecule has 122 valence electrons. The van der Waals surface area contributed by atoms with Crippen LogP contribution in [0.15, 0.2) is 24.3 Å². The Hall–Kier alpha value is -1.91. The Morgan fingerprint density at radius 1 is 1.23 bits per heavy atom. The summed E-state index contributed by atoms with van der Waals surface area (Å²) in [6.45, 7) is 5.62. The summed E-state index contributed by atoms with van der Waals surface area (Å²) in [5, 5.41) is 2.84. The van der Waals surface area contributed by atoms with Crippen LogP contribution in [0.25, 0.3) is 0 Å². The zero-order valence-electron chi connectivity index (χ0n) is 13.5. The molecule has 1 atom stereocenters.